The molecule has 2 unspecified atom stereocenters. The first-order valence-corrected chi connectivity index (χ1v) is 7.31. The summed E-state index contributed by atoms with van der Waals surface area (Å²) in [6.45, 7) is 4.08. The zero-order valence-corrected chi connectivity index (χ0v) is 11.2. The second kappa shape index (κ2) is 6.01. The third kappa shape index (κ3) is 3.46. The van der Waals surface area contributed by atoms with Gasteiger partial charge in [-0.25, -0.2) is 0 Å². The van der Waals surface area contributed by atoms with Gasteiger partial charge in [-0.2, -0.15) is 11.8 Å². The average molecular weight is 280 g/mol. The van der Waals surface area contributed by atoms with E-state index in [2.05, 4.69) is 29.1 Å². The lowest BCUT2D eigenvalue weighted by molar-refractivity contribution is -0.132. The lowest BCUT2D eigenvalue weighted by Gasteiger charge is -2.30. The van der Waals surface area contributed by atoms with Crippen LogP contribution in [0, 0.1) is 0 Å². The van der Waals surface area contributed by atoms with Gasteiger partial charge in [-0.3, -0.25) is 4.79 Å². The van der Waals surface area contributed by atoms with Crippen molar-refractivity contribution < 1.29 is 4.79 Å². The molecule has 0 radical (unpaired) electrons. The van der Waals surface area contributed by atoms with Crippen LogP contribution in [0.2, 0.25) is 0 Å². The number of thioether (sulfide) groups is 1. The van der Waals surface area contributed by atoms with Crippen LogP contribution in [0.4, 0.5) is 0 Å². The number of carbonyl (C=O) groups excluding carboxylic acids is 1. The zero-order chi connectivity index (χ0) is 10.6. The van der Waals surface area contributed by atoms with E-state index in [4.69, 9.17) is 0 Å². The SMILES string of the molecule is CSC(C)CCN1CCCC(Br)C1=O. The molecule has 1 saturated heterocycles. The first-order chi connectivity index (χ1) is 6.65. The first-order valence-electron chi connectivity index (χ1n) is 5.10. The second-order valence-corrected chi connectivity index (χ2v) is 6.15. The number of alkyl halides is 1. The summed E-state index contributed by atoms with van der Waals surface area (Å²) in [5.41, 5.74) is 0. The van der Waals surface area contributed by atoms with Crippen LogP contribution >= 0.6 is 27.7 Å². The molecule has 2 atom stereocenters. The summed E-state index contributed by atoms with van der Waals surface area (Å²) < 4.78 is 0. The van der Waals surface area contributed by atoms with E-state index < -0.39 is 0 Å². The fraction of sp³-hybridized carbons (Fsp3) is 0.900. The highest BCUT2D eigenvalue weighted by molar-refractivity contribution is 9.10. The van der Waals surface area contributed by atoms with Gasteiger partial charge in [-0.05, 0) is 25.5 Å². The largest absolute Gasteiger partial charge is 0.342 e. The van der Waals surface area contributed by atoms with Crippen LogP contribution in [-0.4, -0.2) is 40.2 Å². The molecule has 82 valence electrons. The molecule has 1 amide bonds. The molecule has 1 aliphatic heterocycles. The number of nitrogens with zero attached hydrogens (tertiary/aromatic N) is 1. The number of carbonyl (C=O) groups is 1. The van der Waals surface area contributed by atoms with Gasteiger partial charge in [0, 0.05) is 18.3 Å². The van der Waals surface area contributed by atoms with Crippen molar-refractivity contribution in [2.24, 2.45) is 0 Å². The lowest BCUT2D eigenvalue weighted by atomic mass is 10.1. The summed E-state index contributed by atoms with van der Waals surface area (Å²) in [6.07, 6.45) is 5.35. The van der Waals surface area contributed by atoms with Crippen LogP contribution in [0.25, 0.3) is 0 Å². The topological polar surface area (TPSA) is 20.3 Å². The molecule has 1 aliphatic rings. The summed E-state index contributed by atoms with van der Waals surface area (Å²) in [4.78, 5) is 13.8. The molecule has 0 saturated carbocycles. The van der Waals surface area contributed by atoms with Crippen molar-refractivity contribution >= 4 is 33.6 Å². The lowest BCUT2D eigenvalue weighted by Crippen LogP contribution is -2.42. The molecule has 4 heteroatoms. The highest BCUT2D eigenvalue weighted by Gasteiger charge is 2.26. The number of piperidine rings is 1. The summed E-state index contributed by atoms with van der Waals surface area (Å²) in [7, 11) is 0. The molecule has 0 N–H and O–H groups in total. The minimum atomic E-state index is 0.0702. The Morgan fingerprint density at radius 3 is 3.07 bits per heavy atom. The van der Waals surface area contributed by atoms with Crippen molar-refractivity contribution in [3.63, 3.8) is 0 Å². The maximum atomic E-state index is 11.7. The maximum absolute atomic E-state index is 11.7. The summed E-state index contributed by atoms with van der Waals surface area (Å²) >= 11 is 5.29. The van der Waals surface area contributed by atoms with E-state index in [0.29, 0.717) is 5.25 Å². The fourth-order valence-corrected chi connectivity index (χ4v) is 2.53. The van der Waals surface area contributed by atoms with Gasteiger partial charge >= 0.3 is 0 Å². The molecule has 0 bridgehead atoms. The molecule has 0 aromatic carbocycles. The minimum Gasteiger partial charge on any atom is -0.342 e. The Bertz CT molecular complexity index is 201. The van der Waals surface area contributed by atoms with E-state index in [0.717, 1.165) is 32.4 Å². The van der Waals surface area contributed by atoms with Crippen LogP contribution in [0.1, 0.15) is 26.2 Å². The molecule has 2 nitrogen and oxygen atoms in total. The monoisotopic (exact) mass is 279 g/mol. The maximum Gasteiger partial charge on any atom is 0.236 e. The molecule has 0 aromatic rings. The van der Waals surface area contributed by atoms with Crippen molar-refractivity contribution in [2.75, 3.05) is 19.3 Å². The Morgan fingerprint density at radius 1 is 1.71 bits per heavy atom. The van der Waals surface area contributed by atoms with Gasteiger partial charge in [0.25, 0.3) is 0 Å². The van der Waals surface area contributed by atoms with Gasteiger partial charge < -0.3 is 4.90 Å². The molecule has 1 heterocycles. The number of rotatable bonds is 4. The molecule has 1 fully saturated rings. The van der Waals surface area contributed by atoms with Crippen molar-refractivity contribution in [1.29, 1.82) is 0 Å². The first kappa shape index (κ1) is 12.4. The smallest absolute Gasteiger partial charge is 0.236 e. The zero-order valence-electron chi connectivity index (χ0n) is 8.83. The van der Waals surface area contributed by atoms with Crippen LogP contribution in [0.3, 0.4) is 0 Å². The quantitative estimate of drug-likeness (QED) is 0.737. The van der Waals surface area contributed by atoms with Crippen molar-refractivity contribution in [1.82, 2.24) is 4.90 Å². The molecule has 1 rings (SSSR count). The molecular weight excluding hydrogens is 262 g/mol. The Morgan fingerprint density at radius 2 is 2.43 bits per heavy atom. The standard InChI is InChI=1S/C10H18BrNOS/c1-8(14-2)5-7-12-6-3-4-9(11)10(12)13/h8-9H,3-7H2,1-2H3. The second-order valence-electron chi connectivity index (χ2n) is 3.77. The Kier molecular flexibility index (Phi) is 5.31. The van der Waals surface area contributed by atoms with Crippen LogP contribution < -0.4 is 0 Å². The molecule has 0 aromatic heterocycles. The van der Waals surface area contributed by atoms with Crippen LogP contribution in [0.5, 0.6) is 0 Å². The molecule has 14 heavy (non-hydrogen) atoms. The molecule has 0 aliphatic carbocycles. The average Bonchev–Trinajstić information content (AvgIpc) is 2.20. The van der Waals surface area contributed by atoms with Gasteiger partial charge in [0.15, 0.2) is 0 Å². The van der Waals surface area contributed by atoms with Crippen LogP contribution in [-0.2, 0) is 4.79 Å². The third-order valence-electron chi connectivity index (χ3n) is 2.67. The van der Waals surface area contributed by atoms with E-state index in [1.165, 1.54) is 0 Å². The van der Waals surface area contributed by atoms with E-state index >= 15 is 0 Å². The van der Waals surface area contributed by atoms with Gasteiger partial charge in [0.05, 0.1) is 4.83 Å². The minimum absolute atomic E-state index is 0.0702. The van der Waals surface area contributed by atoms with Crippen molar-refractivity contribution in [2.45, 2.75) is 36.3 Å². The Balaban J connectivity index is 2.32. The molecular formula is C10H18BrNOS. The fourth-order valence-electron chi connectivity index (χ4n) is 1.57. The Labute approximate surface area is 98.9 Å². The van der Waals surface area contributed by atoms with E-state index in [1.807, 2.05) is 16.7 Å². The van der Waals surface area contributed by atoms with Crippen molar-refractivity contribution in [3.05, 3.63) is 0 Å². The number of amides is 1. The predicted octanol–water partition coefficient (Wildman–Crippen LogP) is 2.51. The normalized spacial score (nSPS) is 25.2. The van der Waals surface area contributed by atoms with Crippen LogP contribution in [0.15, 0.2) is 0 Å². The Hall–Kier alpha value is 0.300. The number of hydrogen-bond acceptors (Lipinski definition) is 2. The van der Waals surface area contributed by atoms with E-state index in [1.54, 1.807) is 0 Å². The van der Waals surface area contributed by atoms with Crippen molar-refractivity contribution in [3.8, 4) is 0 Å². The third-order valence-corrected chi connectivity index (χ3v) is 4.56. The summed E-state index contributed by atoms with van der Waals surface area (Å²) in [5.74, 6) is 0.282. The van der Waals surface area contributed by atoms with Gasteiger partial charge in [0.2, 0.25) is 5.91 Å². The van der Waals surface area contributed by atoms with Gasteiger partial charge in [0.1, 0.15) is 0 Å². The predicted molar refractivity (Wildman–Crippen MR) is 66.1 cm³/mol. The number of hydrogen-bond donors (Lipinski definition) is 0. The van der Waals surface area contributed by atoms with Gasteiger partial charge in [-0.15, -0.1) is 0 Å². The highest BCUT2D eigenvalue weighted by Crippen LogP contribution is 2.19. The summed E-state index contributed by atoms with van der Waals surface area (Å²) in [6, 6.07) is 0. The summed E-state index contributed by atoms with van der Waals surface area (Å²) in [5, 5.41) is 0.651. The van der Waals surface area contributed by atoms with E-state index in [9.17, 15) is 4.79 Å². The molecule has 0 spiro atoms. The van der Waals surface area contributed by atoms with Gasteiger partial charge in [-0.1, -0.05) is 22.9 Å². The van der Waals surface area contributed by atoms with E-state index in [-0.39, 0.29) is 10.7 Å². The number of likely N-dealkylation sites (tertiary alicyclic amines) is 1. The highest BCUT2D eigenvalue weighted by atomic mass is 79.9. The number of halogens is 1.